The van der Waals surface area contributed by atoms with E-state index in [0.717, 1.165) is 36.1 Å². The fourth-order valence-corrected chi connectivity index (χ4v) is 6.29. The molecular weight excluding hydrogens is 564 g/mol. The van der Waals surface area contributed by atoms with Gasteiger partial charge in [-0.15, -0.1) is 13.2 Å². The van der Waals surface area contributed by atoms with Crippen LogP contribution in [-0.4, -0.2) is 50.0 Å². The van der Waals surface area contributed by atoms with Gasteiger partial charge in [0.15, 0.2) is 0 Å². The SMILES string of the molecule is O=C(NS(=O)(=O)C1CC1)c1cc(C2CC2)c(CN2CCC(Oc3cc(Cl)cc(OC(F)(F)F)c3)CC2)cc1F. The molecule has 13 heteroatoms. The van der Waals surface area contributed by atoms with Gasteiger partial charge in [0.2, 0.25) is 10.0 Å². The molecule has 5 rings (SSSR count). The third kappa shape index (κ3) is 7.34. The van der Waals surface area contributed by atoms with E-state index in [1.807, 2.05) is 4.72 Å². The molecule has 3 aliphatic rings. The molecule has 39 heavy (non-hydrogen) atoms. The summed E-state index contributed by atoms with van der Waals surface area (Å²) in [6.45, 7) is 1.65. The van der Waals surface area contributed by atoms with Gasteiger partial charge in [0.25, 0.3) is 5.91 Å². The molecule has 3 fully saturated rings. The number of amides is 1. The number of nitrogens with zero attached hydrogens (tertiary/aromatic N) is 1. The van der Waals surface area contributed by atoms with Crippen molar-refractivity contribution in [1.29, 1.82) is 0 Å². The molecule has 0 unspecified atom stereocenters. The van der Waals surface area contributed by atoms with Gasteiger partial charge in [-0.3, -0.25) is 9.69 Å². The fourth-order valence-electron chi connectivity index (χ4n) is 4.78. The standard InChI is InChI=1S/C26H27ClF4N2O5S/c27-17-10-19(12-20(11-17)38-26(29,30)31)37-18-5-7-33(8-6-18)14-16-9-24(28)23(13-22(16)15-1-2-15)25(34)32-39(35,36)21-3-4-21/h9-13,15,18,21H,1-8,14H2,(H,32,34). The summed E-state index contributed by atoms with van der Waals surface area (Å²) in [6, 6.07) is 6.43. The van der Waals surface area contributed by atoms with E-state index < -0.39 is 39.1 Å². The van der Waals surface area contributed by atoms with E-state index in [1.165, 1.54) is 18.2 Å². The number of hydrogen-bond acceptors (Lipinski definition) is 6. The Balaban J connectivity index is 1.21. The summed E-state index contributed by atoms with van der Waals surface area (Å²) in [4.78, 5) is 14.7. The number of ether oxygens (including phenoxy) is 2. The van der Waals surface area contributed by atoms with E-state index >= 15 is 0 Å². The van der Waals surface area contributed by atoms with Crippen LogP contribution in [0, 0.1) is 5.82 Å². The lowest BCUT2D eigenvalue weighted by molar-refractivity contribution is -0.274. The third-order valence-corrected chi connectivity index (χ3v) is 9.04. The minimum Gasteiger partial charge on any atom is -0.490 e. The molecule has 1 heterocycles. The first-order chi connectivity index (χ1) is 18.4. The van der Waals surface area contributed by atoms with Gasteiger partial charge in [-0.05, 0) is 79.8 Å². The number of benzene rings is 2. The van der Waals surface area contributed by atoms with Gasteiger partial charge in [-0.2, -0.15) is 0 Å². The van der Waals surface area contributed by atoms with Crippen molar-refractivity contribution in [2.45, 2.75) is 68.7 Å². The quantitative estimate of drug-likeness (QED) is 0.387. The lowest BCUT2D eigenvalue weighted by Gasteiger charge is -2.32. The number of piperidine rings is 1. The zero-order valence-corrected chi connectivity index (χ0v) is 22.3. The highest BCUT2D eigenvalue weighted by molar-refractivity contribution is 7.91. The number of likely N-dealkylation sites (tertiary alicyclic amines) is 1. The minimum atomic E-state index is -4.84. The summed E-state index contributed by atoms with van der Waals surface area (Å²) in [5, 5.41) is -0.533. The molecule has 2 saturated carbocycles. The Morgan fingerprint density at radius 3 is 2.28 bits per heavy atom. The van der Waals surface area contributed by atoms with Crippen molar-refractivity contribution >= 4 is 27.5 Å². The van der Waals surface area contributed by atoms with Crippen molar-refractivity contribution in [2.75, 3.05) is 13.1 Å². The number of rotatable bonds is 9. The van der Waals surface area contributed by atoms with Gasteiger partial charge < -0.3 is 9.47 Å². The number of hydrogen-bond donors (Lipinski definition) is 1. The van der Waals surface area contributed by atoms with Crippen LogP contribution in [-0.2, 0) is 16.6 Å². The molecule has 212 valence electrons. The molecule has 0 spiro atoms. The highest BCUT2D eigenvalue weighted by Gasteiger charge is 2.38. The highest BCUT2D eigenvalue weighted by Crippen LogP contribution is 2.43. The second kappa shape index (κ2) is 10.8. The number of nitrogens with one attached hydrogen (secondary N) is 1. The van der Waals surface area contributed by atoms with Crippen molar-refractivity contribution in [1.82, 2.24) is 9.62 Å². The molecule has 1 aliphatic heterocycles. The lowest BCUT2D eigenvalue weighted by atomic mass is 9.97. The van der Waals surface area contributed by atoms with Gasteiger partial charge in [0, 0.05) is 30.7 Å². The summed E-state index contributed by atoms with van der Waals surface area (Å²) >= 11 is 5.93. The molecule has 0 radical (unpaired) electrons. The number of carbonyl (C=O) groups is 1. The van der Waals surface area contributed by atoms with Gasteiger partial charge in [0.05, 0.1) is 10.8 Å². The van der Waals surface area contributed by atoms with Crippen molar-refractivity contribution in [2.24, 2.45) is 0 Å². The molecule has 0 bridgehead atoms. The normalized spacial score (nSPS) is 19.1. The largest absolute Gasteiger partial charge is 0.573 e. The molecule has 1 saturated heterocycles. The Morgan fingerprint density at radius 2 is 1.67 bits per heavy atom. The molecule has 1 amide bonds. The Kier molecular flexibility index (Phi) is 7.73. The Hall–Kier alpha value is -2.57. The van der Waals surface area contributed by atoms with Gasteiger partial charge in [-0.25, -0.2) is 17.5 Å². The highest BCUT2D eigenvalue weighted by atomic mass is 35.5. The molecule has 1 N–H and O–H groups in total. The summed E-state index contributed by atoms with van der Waals surface area (Å²) in [7, 11) is -3.79. The molecule has 7 nitrogen and oxygen atoms in total. The minimum absolute atomic E-state index is 0.0566. The van der Waals surface area contributed by atoms with Crippen LogP contribution in [0.2, 0.25) is 5.02 Å². The number of sulfonamides is 1. The first kappa shape index (κ1) is 28.0. The maximum Gasteiger partial charge on any atom is 0.573 e. The van der Waals surface area contributed by atoms with E-state index in [2.05, 4.69) is 9.64 Å². The van der Waals surface area contributed by atoms with Gasteiger partial charge >= 0.3 is 6.36 Å². The zero-order chi connectivity index (χ0) is 27.9. The van der Waals surface area contributed by atoms with E-state index in [-0.39, 0.29) is 28.4 Å². The molecule has 2 aromatic rings. The molecule has 2 aliphatic carbocycles. The second-order valence-corrected chi connectivity index (χ2v) is 12.6. The third-order valence-electron chi connectivity index (χ3n) is 7.00. The van der Waals surface area contributed by atoms with E-state index in [1.54, 1.807) is 0 Å². The molecule has 2 aromatic carbocycles. The van der Waals surface area contributed by atoms with E-state index in [4.69, 9.17) is 16.3 Å². The molecule has 0 atom stereocenters. The number of halogens is 5. The summed E-state index contributed by atoms with van der Waals surface area (Å²) < 4.78 is 88.8. The van der Waals surface area contributed by atoms with Crippen molar-refractivity contribution in [3.8, 4) is 11.5 Å². The number of alkyl halides is 3. The van der Waals surface area contributed by atoms with Gasteiger partial charge in [-0.1, -0.05) is 11.6 Å². The van der Waals surface area contributed by atoms with Crippen molar-refractivity contribution < 1.29 is 40.2 Å². The topological polar surface area (TPSA) is 84.9 Å². The number of carbonyl (C=O) groups excluding carboxylic acids is 1. The van der Waals surface area contributed by atoms with Crippen LogP contribution in [0.5, 0.6) is 11.5 Å². The predicted octanol–water partition coefficient (Wildman–Crippen LogP) is 5.52. The summed E-state index contributed by atoms with van der Waals surface area (Å²) in [5.41, 5.74) is 1.33. The molecule has 0 aromatic heterocycles. The Labute approximate surface area is 228 Å². The Morgan fingerprint density at radius 1 is 1.00 bits per heavy atom. The average Bonchev–Trinajstić information content (AvgIpc) is 3.72. The van der Waals surface area contributed by atoms with Crippen molar-refractivity contribution in [3.63, 3.8) is 0 Å². The zero-order valence-electron chi connectivity index (χ0n) is 20.8. The van der Waals surface area contributed by atoms with Crippen LogP contribution < -0.4 is 14.2 Å². The average molecular weight is 591 g/mol. The smallest absolute Gasteiger partial charge is 0.490 e. The van der Waals surface area contributed by atoms with E-state index in [9.17, 15) is 30.8 Å². The Bertz CT molecular complexity index is 1350. The van der Waals surface area contributed by atoms with Gasteiger partial charge in [0.1, 0.15) is 23.4 Å². The van der Waals surface area contributed by atoms with Crippen molar-refractivity contribution in [3.05, 3.63) is 57.9 Å². The first-order valence-corrected chi connectivity index (χ1v) is 14.6. The summed E-state index contributed by atoms with van der Waals surface area (Å²) in [5.74, 6) is -1.80. The van der Waals surface area contributed by atoms with Crippen LogP contribution >= 0.6 is 11.6 Å². The fraction of sp³-hybridized carbons (Fsp3) is 0.500. The maximum absolute atomic E-state index is 15.0. The van der Waals surface area contributed by atoms with Crippen LogP contribution in [0.4, 0.5) is 17.6 Å². The lowest BCUT2D eigenvalue weighted by Crippen LogP contribution is -2.38. The summed E-state index contributed by atoms with van der Waals surface area (Å²) in [6.07, 6.45) is -1.12. The predicted molar refractivity (Wildman–Crippen MR) is 135 cm³/mol. The molecular formula is C26H27ClF4N2O5S. The van der Waals surface area contributed by atoms with E-state index in [0.29, 0.717) is 45.3 Å². The first-order valence-electron chi connectivity index (χ1n) is 12.7. The second-order valence-electron chi connectivity index (χ2n) is 10.2. The van der Waals surface area contributed by atoms with Crippen LogP contribution in [0.15, 0.2) is 30.3 Å². The van der Waals surface area contributed by atoms with Crippen LogP contribution in [0.25, 0.3) is 0 Å². The maximum atomic E-state index is 15.0. The van der Waals surface area contributed by atoms with Crippen LogP contribution in [0.3, 0.4) is 0 Å². The van der Waals surface area contributed by atoms with Crippen LogP contribution in [0.1, 0.15) is 65.9 Å². The monoisotopic (exact) mass is 590 g/mol.